The predicted molar refractivity (Wildman–Crippen MR) is 154 cm³/mol. The van der Waals surface area contributed by atoms with E-state index in [4.69, 9.17) is 27.9 Å². The maximum atomic E-state index is 13.2. The summed E-state index contributed by atoms with van der Waals surface area (Å²) in [6.07, 6.45) is 3.06. The first-order chi connectivity index (χ1) is 19.5. The highest BCUT2D eigenvalue weighted by atomic mass is 35.5. The number of anilines is 2. The van der Waals surface area contributed by atoms with Crippen LogP contribution in [0.25, 0.3) is 0 Å². The highest BCUT2D eigenvalue weighted by molar-refractivity contribution is 7.89. The molecule has 1 saturated heterocycles. The van der Waals surface area contributed by atoms with Crippen LogP contribution in [0.5, 0.6) is 5.75 Å². The monoisotopic (exact) mass is 620 g/mol. The molecular formula is C26H26Cl2N6O6S. The van der Waals surface area contributed by atoms with E-state index in [0.717, 1.165) is 6.08 Å². The number of H-pyrrole nitrogens is 1. The number of piperidine rings is 1. The molecule has 0 saturated carbocycles. The molecule has 1 aromatic heterocycles. The Morgan fingerprint density at radius 3 is 2.54 bits per heavy atom. The van der Waals surface area contributed by atoms with E-state index in [-0.39, 0.29) is 56.8 Å². The first-order valence-electron chi connectivity index (χ1n) is 12.3. The van der Waals surface area contributed by atoms with Gasteiger partial charge < -0.3 is 20.7 Å². The first-order valence-corrected chi connectivity index (χ1v) is 14.5. The van der Waals surface area contributed by atoms with Gasteiger partial charge in [-0.05, 0) is 49.2 Å². The third-order valence-electron chi connectivity index (χ3n) is 6.33. The van der Waals surface area contributed by atoms with E-state index in [9.17, 15) is 22.8 Å². The molecule has 1 aliphatic rings. The van der Waals surface area contributed by atoms with Crippen molar-refractivity contribution >= 4 is 62.3 Å². The molecule has 4 N–H and O–H groups in total. The largest absolute Gasteiger partial charge is 0.495 e. The molecule has 3 amide bonds. The third-order valence-corrected chi connectivity index (χ3v) is 8.92. The van der Waals surface area contributed by atoms with Crippen molar-refractivity contribution in [2.75, 3.05) is 30.8 Å². The van der Waals surface area contributed by atoms with Crippen molar-refractivity contribution in [2.45, 2.75) is 23.8 Å². The molecule has 15 heteroatoms. The van der Waals surface area contributed by atoms with E-state index < -0.39 is 27.7 Å². The van der Waals surface area contributed by atoms with Gasteiger partial charge in [0.05, 0.1) is 39.5 Å². The fourth-order valence-corrected chi connectivity index (χ4v) is 6.35. The molecule has 0 aliphatic carbocycles. The Morgan fingerprint density at radius 1 is 1.12 bits per heavy atom. The van der Waals surface area contributed by atoms with E-state index in [1.807, 2.05) is 0 Å². The summed E-state index contributed by atoms with van der Waals surface area (Å²) >= 11 is 12.4. The molecule has 1 fully saturated rings. The molecule has 216 valence electrons. The van der Waals surface area contributed by atoms with E-state index in [1.165, 1.54) is 47.9 Å². The molecule has 0 unspecified atom stereocenters. The Balaban J connectivity index is 1.38. The van der Waals surface area contributed by atoms with Gasteiger partial charge in [-0.15, -0.1) is 0 Å². The molecule has 0 radical (unpaired) electrons. The highest BCUT2D eigenvalue weighted by Crippen LogP contribution is 2.34. The van der Waals surface area contributed by atoms with Gasteiger partial charge in [0.1, 0.15) is 11.4 Å². The average Bonchev–Trinajstić information content (AvgIpc) is 3.41. The number of rotatable bonds is 9. The summed E-state index contributed by atoms with van der Waals surface area (Å²) in [4.78, 5) is 37.6. The number of hydrogen-bond donors (Lipinski definition) is 4. The average molecular weight is 622 g/mol. The van der Waals surface area contributed by atoms with Crippen LogP contribution in [-0.2, 0) is 14.8 Å². The number of nitrogens with zero attached hydrogens (tertiary/aromatic N) is 2. The standard InChI is InChI=1S/C26H26Cl2N6O6S/c1-3-21(35)30-16-5-4-6-17(13-16)41(38,39)34-11-9-15(10-12-34)31-26(37)24-19(14-29-33-24)32-25(36)22-18(27)7-8-20(40-2)23(22)28/h3-8,13-15H,1,9-12H2,2H3,(H,29,33)(H,30,35)(H,31,37)(H,32,36). The van der Waals surface area contributed by atoms with Gasteiger partial charge in [-0.1, -0.05) is 35.8 Å². The molecule has 0 atom stereocenters. The first kappa shape index (κ1) is 30.1. The number of methoxy groups -OCH3 is 1. The van der Waals surface area contributed by atoms with Crippen molar-refractivity contribution in [1.82, 2.24) is 19.8 Å². The van der Waals surface area contributed by atoms with Crippen LogP contribution in [0.3, 0.4) is 0 Å². The predicted octanol–water partition coefficient (Wildman–Crippen LogP) is 3.69. The van der Waals surface area contributed by atoms with Crippen molar-refractivity contribution in [1.29, 1.82) is 0 Å². The summed E-state index contributed by atoms with van der Waals surface area (Å²) < 4.78 is 32.8. The van der Waals surface area contributed by atoms with Crippen LogP contribution in [0.1, 0.15) is 33.7 Å². The maximum absolute atomic E-state index is 13.2. The zero-order valence-electron chi connectivity index (χ0n) is 21.7. The lowest BCUT2D eigenvalue weighted by Gasteiger charge is -2.31. The normalized spacial score (nSPS) is 14.2. The van der Waals surface area contributed by atoms with Gasteiger partial charge in [0, 0.05) is 24.8 Å². The van der Waals surface area contributed by atoms with Crippen LogP contribution >= 0.6 is 23.2 Å². The van der Waals surface area contributed by atoms with Crippen LogP contribution in [0.15, 0.2) is 60.1 Å². The van der Waals surface area contributed by atoms with E-state index >= 15 is 0 Å². The molecule has 2 aromatic carbocycles. The van der Waals surface area contributed by atoms with Gasteiger partial charge in [0.2, 0.25) is 15.9 Å². The van der Waals surface area contributed by atoms with E-state index in [1.54, 1.807) is 6.07 Å². The van der Waals surface area contributed by atoms with Crippen LogP contribution < -0.4 is 20.7 Å². The number of sulfonamides is 1. The number of aromatic nitrogens is 2. The Hall–Kier alpha value is -3.91. The smallest absolute Gasteiger partial charge is 0.271 e. The SMILES string of the molecule is C=CC(=O)Nc1cccc(S(=O)(=O)N2CCC(NC(=O)c3[nH]ncc3NC(=O)c3c(Cl)ccc(OC)c3Cl)CC2)c1. The second-order valence-electron chi connectivity index (χ2n) is 8.92. The summed E-state index contributed by atoms with van der Waals surface area (Å²) in [5, 5.41) is 14.5. The van der Waals surface area contributed by atoms with Crippen LogP contribution in [0.4, 0.5) is 11.4 Å². The summed E-state index contributed by atoms with van der Waals surface area (Å²) in [6.45, 7) is 3.71. The van der Waals surface area contributed by atoms with Crippen molar-refractivity contribution in [2.24, 2.45) is 0 Å². The fourth-order valence-electron chi connectivity index (χ4n) is 4.21. The Kier molecular flexibility index (Phi) is 9.33. The van der Waals surface area contributed by atoms with Crippen molar-refractivity contribution in [3.8, 4) is 5.75 Å². The van der Waals surface area contributed by atoms with Gasteiger partial charge in [-0.3, -0.25) is 19.5 Å². The van der Waals surface area contributed by atoms with Crippen molar-refractivity contribution < 1.29 is 27.5 Å². The fraction of sp³-hybridized carbons (Fsp3) is 0.231. The van der Waals surface area contributed by atoms with Crippen LogP contribution in [0, 0.1) is 0 Å². The van der Waals surface area contributed by atoms with E-state index in [0.29, 0.717) is 18.5 Å². The number of nitrogens with one attached hydrogen (secondary N) is 4. The molecule has 4 rings (SSSR count). The molecule has 2 heterocycles. The second kappa shape index (κ2) is 12.7. The quantitative estimate of drug-likeness (QED) is 0.265. The van der Waals surface area contributed by atoms with Crippen molar-refractivity contribution in [3.05, 3.63) is 76.6 Å². The minimum absolute atomic E-state index is 0.00179. The molecule has 41 heavy (non-hydrogen) atoms. The number of benzene rings is 2. The number of carbonyl (C=O) groups is 3. The maximum Gasteiger partial charge on any atom is 0.271 e. The van der Waals surface area contributed by atoms with E-state index in [2.05, 4.69) is 32.7 Å². The molecule has 1 aliphatic heterocycles. The lowest BCUT2D eigenvalue weighted by atomic mass is 10.1. The zero-order chi connectivity index (χ0) is 29.7. The number of aromatic amines is 1. The second-order valence-corrected chi connectivity index (χ2v) is 11.6. The van der Waals surface area contributed by atoms with Gasteiger partial charge in [0.25, 0.3) is 11.8 Å². The van der Waals surface area contributed by atoms with Gasteiger partial charge in [-0.25, -0.2) is 8.42 Å². The number of amides is 3. The number of hydrogen-bond acceptors (Lipinski definition) is 7. The topological polar surface area (TPSA) is 163 Å². The minimum atomic E-state index is -3.83. The molecule has 3 aromatic rings. The zero-order valence-corrected chi connectivity index (χ0v) is 24.1. The molecule has 0 spiro atoms. The summed E-state index contributed by atoms with van der Waals surface area (Å²) in [5.74, 6) is -1.40. The summed E-state index contributed by atoms with van der Waals surface area (Å²) in [6, 6.07) is 8.60. The van der Waals surface area contributed by atoms with Crippen molar-refractivity contribution in [3.63, 3.8) is 0 Å². The molecule has 12 nitrogen and oxygen atoms in total. The van der Waals surface area contributed by atoms with Crippen LogP contribution in [0.2, 0.25) is 10.0 Å². The third kappa shape index (κ3) is 6.70. The number of ether oxygens (including phenoxy) is 1. The Bertz CT molecular complexity index is 1600. The Labute approximate surface area is 246 Å². The lowest BCUT2D eigenvalue weighted by molar-refractivity contribution is -0.111. The number of halogens is 2. The number of carbonyl (C=O) groups excluding carboxylic acids is 3. The minimum Gasteiger partial charge on any atom is -0.495 e. The van der Waals surface area contributed by atoms with Gasteiger partial charge in [0.15, 0.2) is 0 Å². The van der Waals surface area contributed by atoms with Crippen LogP contribution in [-0.4, -0.2) is 66.9 Å². The molecule has 0 bridgehead atoms. The lowest BCUT2D eigenvalue weighted by Crippen LogP contribution is -2.46. The van der Waals surface area contributed by atoms with Gasteiger partial charge >= 0.3 is 0 Å². The summed E-state index contributed by atoms with van der Waals surface area (Å²) in [7, 11) is -2.43. The Morgan fingerprint density at radius 2 is 1.85 bits per heavy atom. The molecular weight excluding hydrogens is 595 g/mol. The summed E-state index contributed by atoms with van der Waals surface area (Å²) in [5.41, 5.74) is 0.409. The highest BCUT2D eigenvalue weighted by Gasteiger charge is 2.31. The van der Waals surface area contributed by atoms with Gasteiger partial charge in [-0.2, -0.15) is 9.40 Å².